The molecule has 4 rings (SSSR count). The minimum atomic E-state index is 0.0895. The average Bonchev–Trinajstić information content (AvgIpc) is 3.03. The van der Waals surface area contributed by atoms with Crippen molar-refractivity contribution in [1.82, 2.24) is 0 Å². The molecule has 3 aromatic rings. The Morgan fingerprint density at radius 3 is 2.43 bits per heavy atom. The van der Waals surface area contributed by atoms with E-state index in [2.05, 4.69) is 45.0 Å². The van der Waals surface area contributed by atoms with Crippen molar-refractivity contribution in [2.24, 2.45) is 11.1 Å². The molecule has 0 radical (unpaired) electrons. The van der Waals surface area contributed by atoms with Gasteiger partial charge in [-0.25, -0.2) is 0 Å². The molecule has 1 aliphatic rings. The Hall–Kier alpha value is -2.75. The van der Waals surface area contributed by atoms with Crippen LogP contribution in [-0.4, -0.2) is 18.0 Å². The van der Waals surface area contributed by atoms with Crippen LogP contribution in [0.25, 0.3) is 11.0 Å². The van der Waals surface area contributed by atoms with E-state index < -0.39 is 0 Å². The Balaban J connectivity index is 1.63. The molecule has 2 aromatic carbocycles. The van der Waals surface area contributed by atoms with Crippen LogP contribution in [0.15, 0.2) is 46.0 Å². The minimum Gasteiger partial charge on any atom is -0.493 e. The third-order valence-electron chi connectivity index (χ3n) is 6.15. The number of para-hydroxylation sites is 1. The van der Waals surface area contributed by atoms with Gasteiger partial charge in [0.2, 0.25) is 0 Å². The second kappa shape index (κ2) is 6.69. The summed E-state index contributed by atoms with van der Waals surface area (Å²) in [6.45, 7) is 8.84. The molecule has 1 heterocycles. The van der Waals surface area contributed by atoms with Gasteiger partial charge in [0.1, 0.15) is 5.71 Å². The highest BCUT2D eigenvalue weighted by atomic mass is 16.5. The van der Waals surface area contributed by atoms with Crippen LogP contribution in [0.4, 0.5) is 0 Å². The number of nitrogens with zero attached hydrogens (tertiary/aromatic N) is 1. The third kappa shape index (κ3) is 2.88. The lowest BCUT2D eigenvalue weighted by Gasteiger charge is -2.47. The molecule has 0 atom stereocenters. The number of aryl methyl sites for hydroxylation is 3. The molecule has 1 aromatic heterocycles. The maximum atomic E-state index is 9.75. The van der Waals surface area contributed by atoms with Crippen molar-refractivity contribution in [1.29, 1.82) is 0 Å². The van der Waals surface area contributed by atoms with Crippen molar-refractivity contribution in [3.8, 4) is 5.75 Å². The Morgan fingerprint density at radius 2 is 1.82 bits per heavy atom. The molecule has 1 N–H and O–H groups in total. The number of hydrogen-bond donors (Lipinski definition) is 1. The molecule has 0 spiro atoms. The summed E-state index contributed by atoms with van der Waals surface area (Å²) in [5, 5.41) is 14.3. The molecule has 4 nitrogen and oxygen atoms in total. The van der Waals surface area contributed by atoms with Gasteiger partial charge in [-0.05, 0) is 67.9 Å². The van der Waals surface area contributed by atoms with Gasteiger partial charge in [-0.15, -0.1) is 0 Å². The molecule has 0 amide bonds. The van der Waals surface area contributed by atoms with Crippen molar-refractivity contribution in [3.05, 3.63) is 64.4 Å². The molecule has 4 heteroatoms. The number of oxime groups is 1. The van der Waals surface area contributed by atoms with Crippen molar-refractivity contribution in [3.63, 3.8) is 0 Å². The van der Waals surface area contributed by atoms with Gasteiger partial charge in [-0.1, -0.05) is 41.9 Å². The van der Waals surface area contributed by atoms with Crippen molar-refractivity contribution < 1.29 is 14.4 Å². The summed E-state index contributed by atoms with van der Waals surface area (Å²) in [5.74, 6) is 1.47. The molecular weight excluding hydrogens is 350 g/mol. The zero-order chi connectivity index (χ0) is 20.1. The fraction of sp³-hybridized carbons (Fsp3) is 0.375. The molecule has 0 aliphatic heterocycles. The molecule has 1 fully saturated rings. The Bertz CT molecular complexity index is 1050. The highest BCUT2D eigenvalue weighted by molar-refractivity contribution is 6.03. The van der Waals surface area contributed by atoms with E-state index in [9.17, 15) is 5.21 Å². The lowest BCUT2D eigenvalue weighted by Crippen LogP contribution is -2.43. The van der Waals surface area contributed by atoms with Gasteiger partial charge in [0, 0.05) is 11.3 Å². The van der Waals surface area contributed by atoms with Crippen LogP contribution in [0.3, 0.4) is 0 Å². The second-order valence-corrected chi connectivity index (χ2v) is 8.41. The summed E-state index contributed by atoms with van der Waals surface area (Å²) in [6, 6.07) is 12.2. The average molecular weight is 377 g/mol. The van der Waals surface area contributed by atoms with E-state index in [0.29, 0.717) is 22.8 Å². The standard InChI is InChI=1S/C24H27NO3/c1-14-9-15(2)21(16(3)10-14)24(4)12-18(13-24)22(25-26)20-11-17-7-6-8-19(27-5)23(17)28-20/h6-11,18,26H,12-13H2,1-5H3. The van der Waals surface area contributed by atoms with Crippen LogP contribution >= 0.6 is 0 Å². The van der Waals surface area contributed by atoms with E-state index in [0.717, 1.165) is 18.2 Å². The number of hydrogen-bond acceptors (Lipinski definition) is 4. The molecular formula is C24H27NO3. The van der Waals surface area contributed by atoms with E-state index in [1.807, 2.05) is 24.3 Å². The maximum absolute atomic E-state index is 9.75. The first-order valence-electron chi connectivity index (χ1n) is 9.73. The van der Waals surface area contributed by atoms with Gasteiger partial charge in [0.15, 0.2) is 17.1 Å². The number of benzene rings is 2. The van der Waals surface area contributed by atoms with Crippen LogP contribution in [0.1, 0.15) is 47.8 Å². The van der Waals surface area contributed by atoms with E-state index in [4.69, 9.17) is 9.15 Å². The zero-order valence-corrected chi connectivity index (χ0v) is 17.2. The van der Waals surface area contributed by atoms with Crippen LogP contribution in [0, 0.1) is 26.7 Å². The first-order chi connectivity index (χ1) is 13.4. The number of fused-ring (bicyclic) bond motifs is 1. The zero-order valence-electron chi connectivity index (χ0n) is 17.2. The Morgan fingerprint density at radius 1 is 1.14 bits per heavy atom. The number of furan rings is 1. The van der Waals surface area contributed by atoms with E-state index in [1.165, 1.54) is 22.3 Å². The maximum Gasteiger partial charge on any atom is 0.176 e. The highest BCUT2D eigenvalue weighted by Crippen LogP contribution is 2.51. The summed E-state index contributed by atoms with van der Waals surface area (Å²) in [4.78, 5) is 0. The van der Waals surface area contributed by atoms with Gasteiger partial charge in [-0.3, -0.25) is 0 Å². The van der Waals surface area contributed by atoms with Crippen LogP contribution in [0.5, 0.6) is 5.75 Å². The normalized spacial score (nSPS) is 22.3. The predicted octanol–water partition coefficient (Wildman–Crippen LogP) is 5.91. The molecule has 28 heavy (non-hydrogen) atoms. The molecule has 0 unspecified atom stereocenters. The highest BCUT2D eigenvalue weighted by Gasteiger charge is 2.46. The van der Waals surface area contributed by atoms with E-state index in [1.54, 1.807) is 7.11 Å². The summed E-state index contributed by atoms with van der Waals surface area (Å²) in [7, 11) is 1.63. The predicted molar refractivity (Wildman–Crippen MR) is 112 cm³/mol. The second-order valence-electron chi connectivity index (χ2n) is 8.41. The first-order valence-corrected chi connectivity index (χ1v) is 9.73. The minimum absolute atomic E-state index is 0.0895. The van der Waals surface area contributed by atoms with Gasteiger partial charge in [-0.2, -0.15) is 0 Å². The lowest BCUT2D eigenvalue weighted by atomic mass is 9.57. The topological polar surface area (TPSA) is 55.0 Å². The van der Waals surface area contributed by atoms with Crippen molar-refractivity contribution in [2.75, 3.05) is 7.11 Å². The van der Waals surface area contributed by atoms with E-state index >= 15 is 0 Å². The van der Waals surface area contributed by atoms with Crippen molar-refractivity contribution in [2.45, 2.75) is 46.0 Å². The van der Waals surface area contributed by atoms with Crippen LogP contribution in [-0.2, 0) is 5.41 Å². The largest absolute Gasteiger partial charge is 0.493 e. The molecule has 1 saturated carbocycles. The number of ether oxygens (including phenoxy) is 1. The van der Waals surface area contributed by atoms with Crippen LogP contribution < -0.4 is 4.74 Å². The van der Waals surface area contributed by atoms with Crippen LogP contribution in [0.2, 0.25) is 0 Å². The lowest BCUT2D eigenvalue weighted by molar-refractivity contribution is 0.207. The van der Waals surface area contributed by atoms with E-state index in [-0.39, 0.29) is 11.3 Å². The SMILES string of the molecule is COc1cccc2cc(C(=NO)C3CC(C)(c4c(C)cc(C)cc4C)C3)oc12. The molecule has 0 saturated heterocycles. The summed E-state index contributed by atoms with van der Waals surface area (Å²) >= 11 is 0. The fourth-order valence-corrected chi connectivity index (χ4v) is 5.21. The molecule has 1 aliphatic carbocycles. The summed E-state index contributed by atoms with van der Waals surface area (Å²) in [6.07, 6.45) is 1.87. The smallest absolute Gasteiger partial charge is 0.176 e. The summed E-state index contributed by atoms with van der Waals surface area (Å²) < 4.78 is 11.4. The number of methoxy groups -OCH3 is 1. The molecule has 0 bridgehead atoms. The Labute approximate surface area is 165 Å². The van der Waals surface area contributed by atoms with Gasteiger partial charge in [0.25, 0.3) is 0 Å². The monoisotopic (exact) mass is 377 g/mol. The van der Waals surface area contributed by atoms with Gasteiger partial charge >= 0.3 is 0 Å². The Kier molecular flexibility index (Phi) is 4.45. The van der Waals surface area contributed by atoms with Gasteiger partial charge < -0.3 is 14.4 Å². The third-order valence-corrected chi connectivity index (χ3v) is 6.15. The number of rotatable bonds is 4. The van der Waals surface area contributed by atoms with Gasteiger partial charge in [0.05, 0.1) is 7.11 Å². The quantitative estimate of drug-likeness (QED) is 0.349. The molecule has 146 valence electrons. The fourth-order valence-electron chi connectivity index (χ4n) is 5.21. The summed E-state index contributed by atoms with van der Waals surface area (Å²) in [5.41, 5.74) is 6.81. The first kappa shape index (κ1) is 18.6. The van der Waals surface area contributed by atoms with Crippen molar-refractivity contribution >= 4 is 16.7 Å².